The zero-order chi connectivity index (χ0) is 29.1. The minimum atomic E-state index is -1.45. The molecule has 0 aliphatic carbocycles. The molecule has 0 bridgehead atoms. The number of hydrogen-bond donors (Lipinski definition) is 5. The van der Waals surface area contributed by atoms with Crippen molar-refractivity contribution in [2.45, 2.75) is 124 Å². The van der Waals surface area contributed by atoms with Crippen LogP contribution in [0.4, 0.5) is 0 Å². The predicted octanol–water partition coefficient (Wildman–Crippen LogP) is 0.891. The molecular weight excluding hydrogens is 466 g/mol. The van der Waals surface area contributed by atoms with Crippen molar-refractivity contribution in [3.05, 3.63) is 0 Å². The molecule has 0 saturated heterocycles. The smallest absolute Gasteiger partial charge is 0.329 e. The number of hydrogen-bond acceptors (Lipinski definition) is 7. The average Bonchev–Trinajstić information content (AvgIpc) is 2.61. The molecule has 1 atom stereocenters. The Morgan fingerprint density at radius 3 is 1.25 bits per heavy atom. The molecule has 11 nitrogen and oxygen atoms in total. The standard InChI is InChI=1S/C25H47N5O6/c1-14(2)15(16(31)36-21(3,4)5)27-18(33)23(8,9)29-20(35)25(12,13)30-19(34)24(10,11)28-17(32)22(6,7)26/h14-15H,26H2,1-13H3,(H,27,33)(H,28,32)(H,29,35)(H,30,34)/t15-/m0/s1. The molecule has 36 heavy (non-hydrogen) atoms. The van der Waals surface area contributed by atoms with E-state index >= 15 is 0 Å². The van der Waals surface area contributed by atoms with Crippen molar-refractivity contribution < 1.29 is 28.7 Å². The Balaban J connectivity index is 5.47. The van der Waals surface area contributed by atoms with Crippen molar-refractivity contribution in [3.8, 4) is 0 Å². The van der Waals surface area contributed by atoms with Crippen molar-refractivity contribution in [1.82, 2.24) is 21.3 Å². The van der Waals surface area contributed by atoms with Crippen molar-refractivity contribution >= 4 is 29.6 Å². The minimum Gasteiger partial charge on any atom is -0.458 e. The van der Waals surface area contributed by atoms with Gasteiger partial charge in [-0.25, -0.2) is 4.79 Å². The second-order valence-electron chi connectivity index (χ2n) is 12.7. The lowest BCUT2D eigenvalue weighted by molar-refractivity contribution is -0.160. The monoisotopic (exact) mass is 513 g/mol. The van der Waals surface area contributed by atoms with E-state index in [0.717, 1.165) is 0 Å². The van der Waals surface area contributed by atoms with E-state index in [1.165, 1.54) is 55.4 Å². The van der Waals surface area contributed by atoms with Crippen LogP contribution in [0.15, 0.2) is 0 Å². The Morgan fingerprint density at radius 2 is 0.944 bits per heavy atom. The molecule has 11 heteroatoms. The number of nitrogens with two attached hydrogens (primary N) is 1. The molecule has 4 amide bonds. The summed E-state index contributed by atoms with van der Waals surface area (Å²) in [6, 6.07) is -0.920. The fraction of sp³-hybridized carbons (Fsp3) is 0.800. The van der Waals surface area contributed by atoms with Gasteiger partial charge in [0.15, 0.2) is 0 Å². The van der Waals surface area contributed by atoms with Crippen LogP contribution in [0.3, 0.4) is 0 Å². The molecule has 0 heterocycles. The SMILES string of the molecule is CC(C)[C@H](NC(=O)C(C)(C)NC(=O)C(C)(C)NC(=O)C(C)(C)NC(=O)C(C)(C)N)C(=O)OC(C)(C)C. The zero-order valence-electron chi connectivity index (χ0n) is 24.2. The lowest BCUT2D eigenvalue weighted by Crippen LogP contribution is -2.67. The molecule has 0 rings (SSSR count). The third-order valence-electron chi connectivity index (χ3n) is 5.18. The number of amides is 4. The fourth-order valence-electron chi connectivity index (χ4n) is 2.68. The van der Waals surface area contributed by atoms with Gasteiger partial charge in [-0.1, -0.05) is 13.8 Å². The number of rotatable bonds is 10. The molecule has 0 saturated carbocycles. The van der Waals surface area contributed by atoms with Crippen molar-refractivity contribution in [1.29, 1.82) is 0 Å². The third kappa shape index (κ3) is 10.1. The van der Waals surface area contributed by atoms with Crippen LogP contribution in [0.2, 0.25) is 0 Å². The van der Waals surface area contributed by atoms with Crippen LogP contribution >= 0.6 is 0 Å². The van der Waals surface area contributed by atoms with Crippen molar-refractivity contribution in [2.75, 3.05) is 0 Å². The lowest BCUT2D eigenvalue weighted by Gasteiger charge is -2.36. The lowest BCUT2D eigenvalue weighted by atomic mass is 9.95. The first kappa shape index (κ1) is 33.3. The average molecular weight is 514 g/mol. The Kier molecular flexibility index (Phi) is 10.3. The molecular formula is C25H47N5O6. The van der Waals surface area contributed by atoms with Gasteiger partial charge in [-0.2, -0.15) is 0 Å². The van der Waals surface area contributed by atoms with E-state index < -0.39 is 63.4 Å². The van der Waals surface area contributed by atoms with Gasteiger partial charge in [0.2, 0.25) is 23.6 Å². The summed E-state index contributed by atoms with van der Waals surface area (Å²) < 4.78 is 5.41. The van der Waals surface area contributed by atoms with Crippen LogP contribution in [0.1, 0.15) is 90.0 Å². The molecule has 0 aliphatic rings. The maximum Gasteiger partial charge on any atom is 0.329 e. The summed E-state index contributed by atoms with van der Waals surface area (Å²) >= 11 is 0. The quantitative estimate of drug-likeness (QED) is 0.270. The summed E-state index contributed by atoms with van der Waals surface area (Å²) in [5, 5.41) is 10.5. The second-order valence-corrected chi connectivity index (χ2v) is 12.7. The van der Waals surface area contributed by atoms with E-state index in [2.05, 4.69) is 21.3 Å². The van der Waals surface area contributed by atoms with E-state index in [1.807, 2.05) is 0 Å². The molecule has 0 radical (unpaired) electrons. The van der Waals surface area contributed by atoms with E-state index in [4.69, 9.17) is 10.5 Å². The molecule has 6 N–H and O–H groups in total. The summed E-state index contributed by atoms with van der Waals surface area (Å²) in [7, 11) is 0. The molecule has 0 fully saturated rings. The van der Waals surface area contributed by atoms with Gasteiger partial charge < -0.3 is 31.7 Å². The maximum atomic E-state index is 13.1. The summed E-state index contributed by atoms with van der Waals surface area (Å²) in [6.45, 7) is 20.6. The van der Waals surface area contributed by atoms with Crippen LogP contribution < -0.4 is 27.0 Å². The number of esters is 1. The normalized spacial score (nSPS) is 14.0. The highest BCUT2D eigenvalue weighted by molar-refractivity contribution is 5.99. The zero-order valence-corrected chi connectivity index (χ0v) is 24.2. The Morgan fingerprint density at radius 1 is 0.611 bits per heavy atom. The number of nitrogens with one attached hydrogen (secondary N) is 4. The van der Waals surface area contributed by atoms with Crippen LogP contribution in [-0.4, -0.2) is 63.4 Å². The summed E-state index contributed by atoms with van der Waals surface area (Å²) in [4.78, 5) is 63.8. The van der Waals surface area contributed by atoms with Crippen LogP contribution in [0.5, 0.6) is 0 Å². The Bertz CT molecular complexity index is 863. The van der Waals surface area contributed by atoms with E-state index in [9.17, 15) is 24.0 Å². The largest absolute Gasteiger partial charge is 0.458 e. The van der Waals surface area contributed by atoms with E-state index in [1.54, 1.807) is 34.6 Å². The maximum absolute atomic E-state index is 13.1. The summed E-state index contributed by atoms with van der Waals surface area (Å²) in [5.74, 6) is -3.23. The molecule has 0 spiro atoms. The van der Waals surface area contributed by atoms with Gasteiger partial charge in [0.25, 0.3) is 0 Å². The van der Waals surface area contributed by atoms with Gasteiger partial charge in [-0.05, 0) is 82.1 Å². The van der Waals surface area contributed by atoms with Gasteiger partial charge >= 0.3 is 5.97 Å². The molecule has 0 aromatic heterocycles. The summed E-state index contributed by atoms with van der Waals surface area (Å²) in [6.07, 6.45) is 0. The molecule has 208 valence electrons. The fourth-order valence-corrected chi connectivity index (χ4v) is 2.68. The highest BCUT2D eigenvalue weighted by Crippen LogP contribution is 2.16. The number of carbonyl (C=O) groups is 5. The predicted molar refractivity (Wildman–Crippen MR) is 138 cm³/mol. The highest BCUT2D eigenvalue weighted by Gasteiger charge is 2.42. The van der Waals surface area contributed by atoms with Gasteiger partial charge in [0, 0.05) is 0 Å². The second kappa shape index (κ2) is 11.1. The molecule has 0 unspecified atom stereocenters. The number of carbonyl (C=O) groups excluding carboxylic acids is 5. The minimum absolute atomic E-state index is 0.262. The van der Waals surface area contributed by atoms with Crippen LogP contribution in [0, 0.1) is 5.92 Å². The van der Waals surface area contributed by atoms with Crippen molar-refractivity contribution in [3.63, 3.8) is 0 Å². The molecule has 0 aliphatic heterocycles. The van der Waals surface area contributed by atoms with Crippen molar-refractivity contribution in [2.24, 2.45) is 11.7 Å². The first-order chi connectivity index (χ1) is 15.7. The van der Waals surface area contributed by atoms with Gasteiger partial charge in [-0.3, -0.25) is 19.2 Å². The van der Waals surface area contributed by atoms with Crippen LogP contribution in [0.25, 0.3) is 0 Å². The Labute approximate surface area is 215 Å². The van der Waals surface area contributed by atoms with Gasteiger partial charge in [-0.15, -0.1) is 0 Å². The van der Waals surface area contributed by atoms with Gasteiger partial charge in [0.05, 0.1) is 5.54 Å². The molecule has 0 aromatic rings. The van der Waals surface area contributed by atoms with Gasteiger partial charge in [0.1, 0.15) is 28.3 Å². The summed E-state index contributed by atoms with van der Waals surface area (Å²) in [5.41, 5.74) is -0.382. The Hall–Kier alpha value is -2.69. The molecule has 0 aromatic carbocycles. The van der Waals surface area contributed by atoms with Crippen LogP contribution in [-0.2, 0) is 28.7 Å². The topological polar surface area (TPSA) is 169 Å². The number of ether oxygens (including phenoxy) is 1. The first-order valence-electron chi connectivity index (χ1n) is 12.0. The highest BCUT2D eigenvalue weighted by atomic mass is 16.6. The van der Waals surface area contributed by atoms with E-state index in [-0.39, 0.29) is 5.92 Å². The van der Waals surface area contributed by atoms with E-state index in [0.29, 0.717) is 0 Å². The first-order valence-corrected chi connectivity index (χ1v) is 12.0. The third-order valence-corrected chi connectivity index (χ3v) is 5.18.